The van der Waals surface area contributed by atoms with Gasteiger partial charge in [0.25, 0.3) is 0 Å². The van der Waals surface area contributed by atoms with E-state index in [1.165, 1.54) is 7.11 Å². The van der Waals surface area contributed by atoms with E-state index >= 15 is 0 Å². The number of hydrogen-bond donors (Lipinski definition) is 1. The lowest BCUT2D eigenvalue weighted by atomic mass is 9.63. The minimum atomic E-state index is -0.443. The summed E-state index contributed by atoms with van der Waals surface area (Å²) in [5.74, 6) is 0.430. The number of anilines is 1. The van der Waals surface area contributed by atoms with E-state index < -0.39 is 5.91 Å². The first-order chi connectivity index (χ1) is 13.0. The van der Waals surface area contributed by atoms with Crippen molar-refractivity contribution in [2.24, 2.45) is 35.5 Å². The highest BCUT2D eigenvalue weighted by Crippen LogP contribution is 2.65. The number of rotatable bonds is 4. The second kappa shape index (κ2) is 5.83. The maximum absolute atomic E-state index is 12.9. The highest BCUT2D eigenvalue weighted by atomic mass is 35.5. The molecule has 2 saturated carbocycles. The zero-order valence-corrected chi connectivity index (χ0v) is 15.5. The van der Waals surface area contributed by atoms with E-state index in [0.29, 0.717) is 28.3 Å². The number of halogens is 1. The number of imide groups is 1. The van der Waals surface area contributed by atoms with Crippen LogP contribution in [0.5, 0.6) is 5.75 Å². The molecule has 140 valence electrons. The molecule has 1 saturated heterocycles. The molecule has 1 aromatic rings. The van der Waals surface area contributed by atoms with E-state index in [0.717, 1.165) is 11.3 Å². The summed E-state index contributed by atoms with van der Waals surface area (Å²) >= 11 is 5.98. The van der Waals surface area contributed by atoms with Crippen LogP contribution in [0, 0.1) is 35.5 Å². The van der Waals surface area contributed by atoms with Crippen molar-refractivity contribution in [3.8, 4) is 5.75 Å². The molecule has 7 heteroatoms. The van der Waals surface area contributed by atoms with Gasteiger partial charge in [-0.1, -0.05) is 23.8 Å². The summed E-state index contributed by atoms with van der Waals surface area (Å²) < 4.78 is 5.21. The van der Waals surface area contributed by atoms with Gasteiger partial charge in [0.2, 0.25) is 17.7 Å². The van der Waals surface area contributed by atoms with Crippen LogP contribution in [0.4, 0.5) is 5.69 Å². The molecular weight excluding hydrogens is 368 g/mol. The minimum absolute atomic E-state index is 0.155. The number of nitrogens with one attached hydrogen (secondary N) is 1. The Morgan fingerprint density at radius 1 is 1.19 bits per heavy atom. The molecule has 1 heterocycles. The van der Waals surface area contributed by atoms with Crippen LogP contribution in [-0.2, 0) is 14.4 Å². The number of likely N-dealkylation sites (tertiary alicyclic amines) is 1. The second-order valence-corrected chi connectivity index (χ2v) is 8.25. The number of allylic oxidation sites excluding steroid dienone is 2. The van der Waals surface area contributed by atoms with Crippen molar-refractivity contribution in [1.82, 2.24) is 4.90 Å². The van der Waals surface area contributed by atoms with Crippen LogP contribution in [0.25, 0.3) is 0 Å². The lowest BCUT2D eigenvalue weighted by Gasteiger charge is -2.37. The Bertz CT molecular complexity index is 862. The molecule has 2 bridgehead atoms. The molecule has 4 aliphatic carbocycles. The number of carbonyl (C=O) groups is 3. The summed E-state index contributed by atoms with van der Waals surface area (Å²) in [5.41, 5.74) is 0.412. The van der Waals surface area contributed by atoms with Gasteiger partial charge in [-0.2, -0.15) is 0 Å². The molecule has 3 fully saturated rings. The van der Waals surface area contributed by atoms with Crippen LogP contribution in [-0.4, -0.2) is 36.3 Å². The largest absolute Gasteiger partial charge is 0.495 e. The van der Waals surface area contributed by atoms with Crippen LogP contribution < -0.4 is 10.1 Å². The van der Waals surface area contributed by atoms with E-state index in [2.05, 4.69) is 17.5 Å². The average Bonchev–Trinajstić information content (AvgIpc) is 3.43. The summed E-state index contributed by atoms with van der Waals surface area (Å²) in [6.07, 6.45) is 5.35. The summed E-state index contributed by atoms with van der Waals surface area (Å²) in [5, 5.41) is 3.15. The number of benzene rings is 1. The van der Waals surface area contributed by atoms with Crippen molar-refractivity contribution in [2.75, 3.05) is 19.0 Å². The van der Waals surface area contributed by atoms with Gasteiger partial charge in [-0.15, -0.1) is 0 Å². The smallest absolute Gasteiger partial charge is 0.244 e. The number of nitrogens with zero attached hydrogens (tertiary/aromatic N) is 1. The van der Waals surface area contributed by atoms with E-state index in [1.807, 2.05) is 0 Å². The molecule has 1 aliphatic heterocycles. The van der Waals surface area contributed by atoms with Crippen LogP contribution in [0.2, 0.25) is 5.02 Å². The molecule has 6 nitrogen and oxygen atoms in total. The maximum atomic E-state index is 12.9. The molecule has 3 amide bonds. The fourth-order valence-corrected chi connectivity index (χ4v) is 5.46. The monoisotopic (exact) mass is 386 g/mol. The highest BCUT2D eigenvalue weighted by molar-refractivity contribution is 6.31. The fraction of sp³-hybridized carbons (Fsp3) is 0.450. The molecule has 0 aromatic heterocycles. The van der Waals surface area contributed by atoms with Crippen molar-refractivity contribution in [1.29, 1.82) is 0 Å². The third-order valence-corrected chi connectivity index (χ3v) is 6.73. The van der Waals surface area contributed by atoms with Gasteiger partial charge >= 0.3 is 0 Å². The standard InChI is InChI=1S/C20H19ClN2O4/c1-27-15-5-2-9(21)6-14(15)22-16(24)8-23-19(25)17-10-3-4-11(13-7-12(10)13)18(17)20(23)26/h2-6,10-13,17-18H,7-8H2,1H3,(H,22,24)/t10-,11-,12-,13-,17+,18+/m0/s1. The molecule has 0 unspecified atom stereocenters. The van der Waals surface area contributed by atoms with Crippen LogP contribution >= 0.6 is 11.6 Å². The lowest BCUT2D eigenvalue weighted by molar-refractivity contribution is -0.142. The Kier molecular flexibility index (Phi) is 3.63. The average molecular weight is 387 g/mol. The number of carbonyl (C=O) groups excluding carboxylic acids is 3. The predicted molar refractivity (Wildman–Crippen MR) is 98.1 cm³/mol. The minimum Gasteiger partial charge on any atom is -0.495 e. The maximum Gasteiger partial charge on any atom is 0.244 e. The third-order valence-electron chi connectivity index (χ3n) is 6.49. The van der Waals surface area contributed by atoms with Crippen molar-refractivity contribution in [3.05, 3.63) is 35.4 Å². The quantitative estimate of drug-likeness (QED) is 0.636. The topological polar surface area (TPSA) is 75.7 Å². The zero-order valence-electron chi connectivity index (χ0n) is 14.7. The van der Waals surface area contributed by atoms with E-state index in [-0.39, 0.29) is 42.0 Å². The molecule has 27 heavy (non-hydrogen) atoms. The normalized spacial score (nSPS) is 35.1. The van der Waals surface area contributed by atoms with Gasteiger partial charge in [-0.05, 0) is 48.3 Å². The van der Waals surface area contributed by atoms with Crippen LogP contribution in [0.3, 0.4) is 0 Å². The Morgan fingerprint density at radius 3 is 2.41 bits per heavy atom. The Labute approximate surface area is 161 Å². The van der Waals surface area contributed by atoms with E-state index in [1.54, 1.807) is 18.2 Å². The SMILES string of the molecule is COc1ccc(Cl)cc1NC(=O)CN1C(=O)[C@@H]2[C@H]3C=C[C@@H]([C@@H]4C[C@@H]34)[C@H]2C1=O. The zero-order chi connectivity index (χ0) is 18.9. The molecule has 0 spiro atoms. The Morgan fingerprint density at radius 2 is 1.81 bits per heavy atom. The Balaban J connectivity index is 1.33. The van der Waals surface area contributed by atoms with Gasteiger partial charge in [0, 0.05) is 5.02 Å². The number of hydrogen-bond acceptors (Lipinski definition) is 4. The van der Waals surface area contributed by atoms with E-state index in [4.69, 9.17) is 16.3 Å². The first kappa shape index (κ1) is 16.8. The molecule has 5 aliphatic rings. The van der Waals surface area contributed by atoms with Gasteiger partial charge in [0.05, 0.1) is 24.6 Å². The van der Waals surface area contributed by atoms with Crippen LogP contribution in [0.1, 0.15) is 6.42 Å². The molecule has 1 N–H and O–H groups in total. The van der Waals surface area contributed by atoms with Gasteiger partial charge < -0.3 is 10.1 Å². The molecule has 6 rings (SSSR count). The van der Waals surface area contributed by atoms with Crippen molar-refractivity contribution >= 4 is 35.0 Å². The number of methoxy groups -OCH3 is 1. The third kappa shape index (κ3) is 2.42. The second-order valence-electron chi connectivity index (χ2n) is 7.81. The van der Waals surface area contributed by atoms with Crippen molar-refractivity contribution in [3.63, 3.8) is 0 Å². The molecule has 6 atom stereocenters. The van der Waals surface area contributed by atoms with E-state index in [9.17, 15) is 14.4 Å². The van der Waals surface area contributed by atoms with Gasteiger partial charge in [0.1, 0.15) is 12.3 Å². The van der Waals surface area contributed by atoms with Gasteiger partial charge in [-0.3, -0.25) is 19.3 Å². The van der Waals surface area contributed by atoms with Crippen LogP contribution in [0.15, 0.2) is 30.4 Å². The first-order valence-electron chi connectivity index (χ1n) is 9.16. The number of ether oxygens (including phenoxy) is 1. The fourth-order valence-electron chi connectivity index (χ4n) is 5.29. The Hall–Kier alpha value is -2.34. The van der Waals surface area contributed by atoms with Crippen molar-refractivity contribution in [2.45, 2.75) is 6.42 Å². The predicted octanol–water partition coefficient (Wildman–Crippen LogP) is 2.34. The summed E-state index contributed by atoms with van der Waals surface area (Å²) in [6.45, 7) is -0.283. The highest BCUT2D eigenvalue weighted by Gasteiger charge is 2.67. The lowest BCUT2D eigenvalue weighted by Crippen LogP contribution is -2.40. The molecule has 1 aromatic carbocycles. The summed E-state index contributed by atoms with van der Waals surface area (Å²) in [7, 11) is 1.49. The molecule has 0 radical (unpaired) electrons. The van der Waals surface area contributed by atoms with Crippen molar-refractivity contribution < 1.29 is 19.1 Å². The number of amides is 3. The summed E-state index contributed by atoms with van der Waals surface area (Å²) in [6, 6.07) is 4.88. The molecular formula is C20H19ClN2O4. The van der Waals surface area contributed by atoms with Gasteiger partial charge in [-0.25, -0.2) is 0 Å². The summed E-state index contributed by atoms with van der Waals surface area (Å²) in [4.78, 5) is 39.5. The van der Waals surface area contributed by atoms with Gasteiger partial charge in [0.15, 0.2) is 0 Å². The first-order valence-corrected chi connectivity index (χ1v) is 9.54.